The monoisotopic (exact) mass is 385 g/mol. The first-order chi connectivity index (χ1) is 13.1. The maximum absolute atomic E-state index is 13.1. The van der Waals surface area contributed by atoms with Crippen molar-refractivity contribution in [3.05, 3.63) is 63.7 Å². The molecule has 1 N–H and O–H groups in total. The fraction of sp³-hybridized carbons (Fsp3) is 0.211. The van der Waals surface area contributed by atoms with Gasteiger partial charge in [-0.3, -0.25) is 9.89 Å². The summed E-state index contributed by atoms with van der Waals surface area (Å²) in [6.45, 7) is 0.414. The fourth-order valence-corrected chi connectivity index (χ4v) is 4.16. The van der Waals surface area contributed by atoms with Crippen LogP contribution in [0.25, 0.3) is 11.3 Å². The third kappa shape index (κ3) is 3.12. The first-order valence-electron chi connectivity index (χ1n) is 8.35. The molecule has 0 radical (unpaired) electrons. The number of thiophene rings is 1. The molecule has 27 heavy (non-hydrogen) atoms. The zero-order valence-electron chi connectivity index (χ0n) is 14.4. The van der Waals surface area contributed by atoms with Gasteiger partial charge in [0.05, 0.1) is 12.8 Å². The van der Waals surface area contributed by atoms with E-state index in [2.05, 4.69) is 10.2 Å². The first kappa shape index (κ1) is 17.4. The largest absolute Gasteiger partial charge is 0.467 e. The average Bonchev–Trinajstić information content (AvgIpc) is 3.36. The minimum absolute atomic E-state index is 0.266. The Bertz CT molecular complexity index is 996. The summed E-state index contributed by atoms with van der Waals surface area (Å²) >= 11 is 1.57. The molecule has 2 aromatic heterocycles. The number of H-pyrrole nitrogens is 1. The summed E-state index contributed by atoms with van der Waals surface area (Å²) in [5.41, 5.74) is 2.29. The number of carbonyl (C=O) groups is 2. The number of nitrogens with one attached hydrogen (secondary N) is 1. The van der Waals surface area contributed by atoms with Crippen molar-refractivity contribution in [2.45, 2.75) is 12.5 Å². The van der Waals surface area contributed by atoms with E-state index in [1.54, 1.807) is 29.5 Å². The van der Waals surface area contributed by atoms with Crippen molar-refractivity contribution in [2.24, 2.45) is 0 Å². The highest BCUT2D eigenvalue weighted by atomic mass is 32.1. The first-order valence-corrected chi connectivity index (χ1v) is 9.23. The van der Waals surface area contributed by atoms with E-state index in [9.17, 15) is 14.0 Å². The van der Waals surface area contributed by atoms with Crippen LogP contribution in [0.3, 0.4) is 0 Å². The minimum Gasteiger partial charge on any atom is -0.467 e. The van der Waals surface area contributed by atoms with E-state index in [0.717, 1.165) is 10.4 Å². The standard InChI is InChI=1S/C19H16FN3O3S/c1-26-19(25)17-13-7-9-27-16(13)6-8-23(17)18(24)15-10-14(21-22-15)11-2-4-12(20)5-3-11/h2-5,7,9-10,17H,6,8H2,1H3,(H,21,22). The SMILES string of the molecule is COC(=O)C1c2ccsc2CCN1C(=O)c1cc(-c2ccc(F)cc2)n[nH]1. The Hall–Kier alpha value is -3.00. The van der Waals surface area contributed by atoms with Gasteiger partial charge in [-0.25, -0.2) is 9.18 Å². The van der Waals surface area contributed by atoms with Gasteiger partial charge in [-0.15, -0.1) is 11.3 Å². The summed E-state index contributed by atoms with van der Waals surface area (Å²) in [5, 5.41) is 8.79. The number of esters is 1. The number of aromatic nitrogens is 2. The molecule has 3 heterocycles. The van der Waals surface area contributed by atoms with E-state index in [1.807, 2.05) is 11.4 Å². The molecule has 0 bridgehead atoms. The van der Waals surface area contributed by atoms with Crippen molar-refractivity contribution < 1.29 is 18.7 Å². The predicted molar refractivity (Wildman–Crippen MR) is 97.8 cm³/mol. The molecule has 0 fully saturated rings. The van der Waals surface area contributed by atoms with Crippen molar-refractivity contribution in [1.29, 1.82) is 0 Å². The Morgan fingerprint density at radius 2 is 2.07 bits per heavy atom. The van der Waals surface area contributed by atoms with Gasteiger partial charge in [-0.05, 0) is 53.8 Å². The van der Waals surface area contributed by atoms with Crippen molar-refractivity contribution in [3.63, 3.8) is 0 Å². The van der Waals surface area contributed by atoms with E-state index in [-0.39, 0.29) is 17.4 Å². The molecule has 8 heteroatoms. The second kappa shape index (κ2) is 6.96. The molecule has 0 saturated carbocycles. The number of benzene rings is 1. The van der Waals surface area contributed by atoms with Crippen LogP contribution >= 0.6 is 11.3 Å². The smallest absolute Gasteiger partial charge is 0.333 e. The number of nitrogens with zero attached hydrogens (tertiary/aromatic N) is 2. The maximum Gasteiger partial charge on any atom is 0.333 e. The summed E-state index contributed by atoms with van der Waals surface area (Å²) in [4.78, 5) is 28.0. The molecular formula is C19H16FN3O3S. The van der Waals surface area contributed by atoms with Crippen molar-refractivity contribution in [1.82, 2.24) is 15.1 Å². The Labute approximate surface area is 158 Å². The maximum atomic E-state index is 13.1. The van der Waals surface area contributed by atoms with Crippen molar-refractivity contribution >= 4 is 23.2 Å². The van der Waals surface area contributed by atoms with E-state index in [1.165, 1.54) is 24.1 Å². The molecule has 1 aliphatic rings. The van der Waals surface area contributed by atoms with Crippen LogP contribution in [-0.2, 0) is 16.0 Å². The Balaban J connectivity index is 1.64. The lowest BCUT2D eigenvalue weighted by molar-refractivity contribution is -0.146. The number of fused-ring (bicyclic) bond motifs is 1. The van der Waals surface area contributed by atoms with Gasteiger partial charge >= 0.3 is 5.97 Å². The molecule has 1 unspecified atom stereocenters. The van der Waals surface area contributed by atoms with Crippen LogP contribution in [0, 0.1) is 5.82 Å². The van der Waals surface area contributed by atoms with E-state index in [0.29, 0.717) is 24.2 Å². The van der Waals surface area contributed by atoms with Gasteiger partial charge in [0, 0.05) is 17.0 Å². The third-order valence-corrected chi connectivity index (χ3v) is 5.60. The van der Waals surface area contributed by atoms with E-state index < -0.39 is 12.0 Å². The summed E-state index contributed by atoms with van der Waals surface area (Å²) in [7, 11) is 1.31. The molecule has 0 saturated heterocycles. The summed E-state index contributed by atoms with van der Waals surface area (Å²) in [5.74, 6) is -1.14. The number of halogens is 1. The lowest BCUT2D eigenvalue weighted by atomic mass is 9.99. The normalized spacial score (nSPS) is 16.1. The number of hydrogen-bond donors (Lipinski definition) is 1. The second-order valence-electron chi connectivity index (χ2n) is 6.15. The molecule has 1 atom stereocenters. The van der Waals surface area contributed by atoms with Gasteiger partial charge in [0.25, 0.3) is 5.91 Å². The van der Waals surface area contributed by atoms with Gasteiger partial charge in [0.2, 0.25) is 0 Å². The zero-order chi connectivity index (χ0) is 19.0. The van der Waals surface area contributed by atoms with Gasteiger partial charge in [-0.2, -0.15) is 5.10 Å². The molecule has 0 aliphatic carbocycles. The molecule has 6 nitrogen and oxygen atoms in total. The molecular weight excluding hydrogens is 369 g/mol. The second-order valence-corrected chi connectivity index (χ2v) is 7.15. The molecule has 4 rings (SSSR count). The van der Waals surface area contributed by atoms with Crippen molar-refractivity contribution in [3.8, 4) is 11.3 Å². The number of rotatable bonds is 3. The Kier molecular flexibility index (Phi) is 4.49. The number of amides is 1. The van der Waals surface area contributed by atoms with Crippen molar-refractivity contribution in [2.75, 3.05) is 13.7 Å². The highest BCUT2D eigenvalue weighted by Gasteiger charge is 2.38. The quantitative estimate of drug-likeness (QED) is 0.703. The molecule has 1 amide bonds. The minimum atomic E-state index is -0.768. The number of carbonyl (C=O) groups excluding carboxylic acids is 2. The third-order valence-electron chi connectivity index (χ3n) is 4.60. The van der Waals surface area contributed by atoms with Crippen LogP contribution in [0.15, 0.2) is 41.8 Å². The lowest BCUT2D eigenvalue weighted by Gasteiger charge is -2.33. The molecule has 138 valence electrons. The Morgan fingerprint density at radius 3 is 2.81 bits per heavy atom. The zero-order valence-corrected chi connectivity index (χ0v) is 15.3. The molecule has 1 aromatic carbocycles. The molecule has 1 aliphatic heterocycles. The number of ether oxygens (including phenoxy) is 1. The van der Waals surface area contributed by atoms with Gasteiger partial charge < -0.3 is 9.64 Å². The summed E-state index contributed by atoms with van der Waals surface area (Å²) in [6, 6.07) is 8.55. The number of hydrogen-bond acceptors (Lipinski definition) is 5. The lowest BCUT2D eigenvalue weighted by Crippen LogP contribution is -2.43. The van der Waals surface area contributed by atoms with Crippen LogP contribution in [0.1, 0.15) is 27.0 Å². The van der Waals surface area contributed by atoms with Crippen LogP contribution in [0.2, 0.25) is 0 Å². The van der Waals surface area contributed by atoms with Gasteiger partial charge in [0.1, 0.15) is 11.5 Å². The highest BCUT2D eigenvalue weighted by Crippen LogP contribution is 2.35. The van der Waals surface area contributed by atoms with Gasteiger partial charge in [-0.1, -0.05) is 0 Å². The van der Waals surface area contributed by atoms with Crippen LogP contribution < -0.4 is 0 Å². The van der Waals surface area contributed by atoms with E-state index >= 15 is 0 Å². The number of methoxy groups -OCH3 is 1. The predicted octanol–water partition coefficient (Wildman–Crippen LogP) is 3.19. The average molecular weight is 385 g/mol. The topological polar surface area (TPSA) is 75.3 Å². The summed E-state index contributed by atoms with van der Waals surface area (Å²) in [6.07, 6.45) is 0.686. The van der Waals surface area contributed by atoms with E-state index in [4.69, 9.17) is 4.74 Å². The Morgan fingerprint density at radius 1 is 1.30 bits per heavy atom. The number of aromatic amines is 1. The molecule has 0 spiro atoms. The fourth-order valence-electron chi connectivity index (χ4n) is 3.26. The summed E-state index contributed by atoms with van der Waals surface area (Å²) < 4.78 is 18.0. The van der Waals surface area contributed by atoms with Crippen LogP contribution in [-0.4, -0.2) is 40.6 Å². The molecule has 3 aromatic rings. The van der Waals surface area contributed by atoms with Crippen LogP contribution in [0.5, 0.6) is 0 Å². The van der Waals surface area contributed by atoms with Gasteiger partial charge in [0.15, 0.2) is 6.04 Å². The van der Waals surface area contributed by atoms with Crippen LogP contribution in [0.4, 0.5) is 4.39 Å². The highest BCUT2D eigenvalue weighted by molar-refractivity contribution is 7.10.